The van der Waals surface area contributed by atoms with E-state index in [0.717, 1.165) is 16.9 Å². The minimum absolute atomic E-state index is 0.200. The fraction of sp³-hybridized carbons (Fsp3) is 0.200. The summed E-state index contributed by atoms with van der Waals surface area (Å²) in [5, 5.41) is 0. The van der Waals surface area contributed by atoms with Gasteiger partial charge in [-0.25, -0.2) is 0 Å². The summed E-state index contributed by atoms with van der Waals surface area (Å²) in [6.07, 6.45) is 0. The number of hydrogen-bond acceptors (Lipinski definition) is 4. The van der Waals surface area contributed by atoms with Crippen LogP contribution in [-0.4, -0.2) is 29.6 Å². The molecule has 2 aromatic rings. The van der Waals surface area contributed by atoms with Crippen molar-refractivity contribution in [2.45, 2.75) is 13.5 Å². The fourth-order valence-electron chi connectivity index (χ4n) is 2.84. The third kappa shape index (κ3) is 3.33. The summed E-state index contributed by atoms with van der Waals surface area (Å²) in [5.41, 5.74) is 2.08. The minimum atomic E-state index is -0.252. The number of benzene rings is 2. The average Bonchev–Trinajstić information content (AvgIpc) is 2.88. The first-order chi connectivity index (χ1) is 12.2. The highest BCUT2D eigenvalue weighted by atomic mass is 32.2. The lowest BCUT2D eigenvalue weighted by Crippen LogP contribution is -2.31. The summed E-state index contributed by atoms with van der Waals surface area (Å²) >= 11 is 1.41. The van der Waals surface area contributed by atoms with Gasteiger partial charge in [-0.05, 0) is 17.4 Å². The number of carbonyl (C=O) groups excluding carboxylic acids is 2. The van der Waals surface area contributed by atoms with Crippen molar-refractivity contribution >= 4 is 29.1 Å². The number of ether oxygens (including phenoxy) is 1. The van der Waals surface area contributed by atoms with Crippen molar-refractivity contribution in [2.75, 3.05) is 12.9 Å². The first-order valence-corrected chi connectivity index (χ1v) is 9.06. The van der Waals surface area contributed by atoms with Gasteiger partial charge in [0.1, 0.15) is 5.75 Å². The molecule has 0 aromatic heterocycles. The summed E-state index contributed by atoms with van der Waals surface area (Å²) in [6.45, 7) is 2.17. The molecule has 5 heteroatoms. The Labute approximate surface area is 151 Å². The molecule has 1 aliphatic rings. The molecule has 2 amide bonds. The van der Waals surface area contributed by atoms with E-state index in [-0.39, 0.29) is 18.4 Å². The number of amides is 2. The summed E-state index contributed by atoms with van der Waals surface area (Å²) in [4.78, 5) is 27.7. The number of thioether (sulfide) groups is 1. The van der Waals surface area contributed by atoms with Crippen molar-refractivity contribution in [3.8, 4) is 5.75 Å². The molecule has 1 aliphatic heterocycles. The molecular formula is C20H19NO3S. The van der Waals surface area contributed by atoms with Crippen LogP contribution in [0.2, 0.25) is 0 Å². The van der Waals surface area contributed by atoms with Crippen molar-refractivity contribution in [3.05, 3.63) is 70.6 Å². The second-order valence-electron chi connectivity index (χ2n) is 5.51. The van der Waals surface area contributed by atoms with E-state index < -0.39 is 0 Å². The van der Waals surface area contributed by atoms with Gasteiger partial charge >= 0.3 is 0 Å². The zero-order valence-electron chi connectivity index (χ0n) is 14.2. The third-order valence-electron chi connectivity index (χ3n) is 4.00. The van der Waals surface area contributed by atoms with Crippen LogP contribution in [-0.2, 0) is 16.1 Å². The number of para-hydroxylation sites is 1. The van der Waals surface area contributed by atoms with Crippen molar-refractivity contribution in [1.29, 1.82) is 0 Å². The maximum atomic E-state index is 13.0. The molecule has 128 valence electrons. The van der Waals surface area contributed by atoms with Gasteiger partial charge in [-0.15, -0.1) is 11.8 Å². The lowest BCUT2D eigenvalue weighted by molar-refractivity contribution is -0.137. The van der Waals surface area contributed by atoms with Crippen LogP contribution in [0.4, 0.5) is 0 Å². The Balaban J connectivity index is 1.97. The van der Waals surface area contributed by atoms with E-state index in [0.29, 0.717) is 16.2 Å². The van der Waals surface area contributed by atoms with Crippen molar-refractivity contribution in [2.24, 2.45) is 0 Å². The maximum absolute atomic E-state index is 13.0. The topological polar surface area (TPSA) is 46.6 Å². The minimum Gasteiger partial charge on any atom is -0.496 e. The first kappa shape index (κ1) is 17.3. The van der Waals surface area contributed by atoms with E-state index in [4.69, 9.17) is 4.74 Å². The van der Waals surface area contributed by atoms with E-state index >= 15 is 0 Å². The lowest BCUT2D eigenvalue weighted by atomic mass is 10.1. The van der Waals surface area contributed by atoms with Crippen LogP contribution in [0.1, 0.15) is 18.1 Å². The van der Waals surface area contributed by atoms with Crippen LogP contribution in [0.15, 0.2) is 59.5 Å². The van der Waals surface area contributed by atoms with E-state index in [1.807, 2.05) is 61.5 Å². The molecule has 0 radical (unpaired) electrons. The zero-order valence-corrected chi connectivity index (χ0v) is 15.0. The SMILES string of the molecule is CCSC1=C(c2ccccc2)C(=O)N(Cc2ccccc2OC)C1=O. The zero-order chi connectivity index (χ0) is 17.8. The van der Waals surface area contributed by atoms with Crippen LogP contribution in [0.25, 0.3) is 5.57 Å². The Morgan fingerprint density at radius 1 is 0.960 bits per heavy atom. The molecule has 0 bridgehead atoms. The maximum Gasteiger partial charge on any atom is 0.268 e. The molecule has 0 spiro atoms. The second kappa shape index (κ2) is 7.57. The van der Waals surface area contributed by atoms with Gasteiger partial charge in [-0.3, -0.25) is 14.5 Å². The summed E-state index contributed by atoms with van der Waals surface area (Å²) < 4.78 is 5.34. The Morgan fingerprint density at radius 2 is 1.64 bits per heavy atom. The van der Waals surface area contributed by atoms with Gasteiger partial charge in [0.05, 0.1) is 24.1 Å². The summed E-state index contributed by atoms with van der Waals surface area (Å²) in [6, 6.07) is 16.8. The van der Waals surface area contributed by atoms with E-state index in [9.17, 15) is 9.59 Å². The molecule has 3 rings (SSSR count). The van der Waals surface area contributed by atoms with Crippen molar-refractivity contribution in [3.63, 3.8) is 0 Å². The summed E-state index contributed by atoms with van der Waals surface area (Å²) in [5.74, 6) is 0.910. The molecule has 4 nitrogen and oxygen atoms in total. The molecular weight excluding hydrogens is 334 g/mol. The molecule has 1 heterocycles. The van der Waals surface area contributed by atoms with Crippen LogP contribution < -0.4 is 4.74 Å². The van der Waals surface area contributed by atoms with E-state index in [1.165, 1.54) is 16.7 Å². The predicted octanol–water partition coefficient (Wildman–Crippen LogP) is 3.73. The Morgan fingerprint density at radius 3 is 2.32 bits per heavy atom. The smallest absolute Gasteiger partial charge is 0.268 e. The highest BCUT2D eigenvalue weighted by Crippen LogP contribution is 2.37. The molecule has 0 unspecified atom stereocenters. The quantitative estimate of drug-likeness (QED) is 0.743. The third-order valence-corrected chi connectivity index (χ3v) is 4.95. The van der Waals surface area contributed by atoms with Gasteiger partial charge in [0.15, 0.2) is 0 Å². The van der Waals surface area contributed by atoms with Crippen LogP contribution in [0.3, 0.4) is 0 Å². The molecule has 0 atom stereocenters. The number of hydrogen-bond donors (Lipinski definition) is 0. The molecule has 0 aliphatic carbocycles. The van der Waals surface area contributed by atoms with E-state index in [2.05, 4.69) is 0 Å². The van der Waals surface area contributed by atoms with Gasteiger partial charge in [-0.2, -0.15) is 0 Å². The van der Waals surface area contributed by atoms with Gasteiger partial charge in [-0.1, -0.05) is 55.5 Å². The number of nitrogens with zero attached hydrogens (tertiary/aromatic N) is 1. The van der Waals surface area contributed by atoms with E-state index in [1.54, 1.807) is 7.11 Å². The highest BCUT2D eigenvalue weighted by Gasteiger charge is 2.39. The lowest BCUT2D eigenvalue weighted by Gasteiger charge is -2.17. The molecule has 0 saturated carbocycles. The van der Waals surface area contributed by atoms with Crippen molar-refractivity contribution in [1.82, 2.24) is 4.90 Å². The monoisotopic (exact) mass is 353 g/mol. The second-order valence-corrected chi connectivity index (χ2v) is 6.79. The number of methoxy groups -OCH3 is 1. The standard InChI is InChI=1S/C20H19NO3S/c1-3-25-18-17(14-9-5-4-6-10-14)19(22)21(20(18)23)13-15-11-7-8-12-16(15)24-2/h4-12H,3,13H2,1-2H3. The van der Waals surface area contributed by atoms with Crippen LogP contribution >= 0.6 is 11.8 Å². The van der Waals surface area contributed by atoms with Gasteiger partial charge < -0.3 is 4.74 Å². The van der Waals surface area contributed by atoms with Gasteiger partial charge in [0.25, 0.3) is 11.8 Å². The number of rotatable bonds is 6. The number of carbonyl (C=O) groups is 2. The first-order valence-electron chi connectivity index (χ1n) is 8.08. The highest BCUT2D eigenvalue weighted by molar-refractivity contribution is 8.04. The predicted molar refractivity (Wildman–Crippen MR) is 100 cm³/mol. The average molecular weight is 353 g/mol. The van der Waals surface area contributed by atoms with Gasteiger partial charge in [0, 0.05) is 5.56 Å². The molecule has 25 heavy (non-hydrogen) atoms. The molecule has 0 saturated heterocycles. The van der Waals surface area contributed by atoms with Crippen LogP contribution in [0, 0.1) is 0 Å². The Bertz CT molecular complexity index is 830. The largest absolute Gasteiger partial charge is 0.496 e. The number of imide groups is 1. The fourth-order valence-corrected chi connectivity index (χ4v) is 3.71. The molecule has 0 N–H and O–H groups in total. The molecule has 2 aromatic carbocycles. The van der Waals surface area contributed by atoms with Gasteiger partial charge in [0.2, 0.25) is 0 Å². The Kier molecular flexibility index (Phi) is 5.24. The summed E-state index contributed by atoms with van der Waals surface area (Å²) in [7, 11) is 1.58. The van der Waals surface area contributed by atoms with Crippen molar-refractivity contribution < 1.29 is 14.3 Å². The normalized spacial score (nSPS) is 14.4. The molecule has 0 fully saturated rings. The van der Waals surface area contributed by atoms with Crippen LogP contribution in [0.5, 0.6) is 5.75 Å². The Hall–Kier alpha value is -2.53.